The van der Waals surface area contributed by atoms with Crippen LogP contribution in [0.3, 0.4) is 0 Å². The van der Waals surface area contributed by atoms with Crippen LogP contribution in [-0.4, -0.2) is 177 Å². The van der Waals surface area contributed by atoms with E-state index >= 15 is 0 Å². The molecular formula is C61H81N7O19. The van der Waals surface area contributed by atoms with Gasteiger partial charge in [-0.1, -0.05) is 25.3 Å². The topological polar surface area (TPSA) is 284 Å². The van der Waals surface area contributed by atoms with Crippen molar-refractivity contribution in [1.29, 1.82) is 0 Å². The lowest BCUT2D eigenvalue weighted by atomic mass is 10.00. The monoisotopic (exact) mass is 1220 g/mol. The molecule has 0 bridgehead atoms. The lowest BCUT2D eigenvalue weighted by Gasteiger charge is -2.42. The molecule has 26 nitrogen and oxygen atoms in total. The molecule has 0 aliphatic carbocycles. The number of anilines is 3. The van der Waals surface area contributed by atoms with Gasteiger partial charge in [-0.2, -0.15) is 0 Å². The van der Waals surface area contributed by atoms with Crippen molar-refractivity contribution >= 4 is 59.0 Å². The number of methoxy groups -OCH3 is 2. The number of imidazole rings is 1. The largest absolute Gasteiger partial charge is 0.493 e. The highest BCUT2D eigenvalue weighted by molar-refractivity contribution is 6.07. The first-order valence-corrected chi connectivity index (χ1v) is 29.9. The molecule has 2 aromatic carbocycles. The summed E-state index contributed by atoms with van der Waals surface area (Å²) in [5.41, 5.74) is 1.04. The number of carbonyl (C=O) groups is 7. The van der Waals surface area contributed by atoms with Gasteiger partial charge < -0.3 is 76.9 Å². The SMILES string of the molecule is C=CCOC(=O)N1c2cc(OCCCC(=O)Nc3cn(C)c(C(=O)OCC)n3)c(OC)cc2C(=O)N2CCCC[C@H]2C1OC1CCCCO1.C=CCOC(=O)N1c2cc(OCCCC(=O)O)c(OC)cc2C(=O)N2CCCC[C@H]2C1OC1CCCCO1. The van der Waals surface area contributed by atoms with Gasteiger partial charge >= 0.3 is 24.1 Å². The zero-order valence-corrected chi connectivity index (χ0v) is 50.1. The van der Waals surface area contributed by atoms with Crippen molar-refractivity contribution in [2.45, 2.75) is 147 Å². The van der Waals surface area contributed by atoms with Gasteiger partial charge in [-0.3, -0.25) is 19.2 Å². The van der Waals surface area contributed by atoms with E-state index in [0.29, 0.717) is 69.9 Å². The number of benzene rings is 2. The Balaban J connectivity index is 0.000000233. The quantitative estimate of drug-likeness (QED) is 0.0390. The number of aromatic nitrogens is 2. The Morgan fingerprint density at radius 1 is 0.667 bits per heavy atom. The molecule has 0 saturated carbocycles. The number of carboxylic acids is 1. The molecule has 4 unspecified atom stereocenters. The lowest BCUT2D eigenvalue weighted by Crippen LogP contribution is -2.57. The highest BCUT2D eigenvalue weighted by Crippen LogP contribution is 2.45. The Bertz CT molecular complexity index is 2920. The van der Waals surface area contributed by atoms with Crippen LogP contribution in [0.1, 0.15) is 141 Å². The van der Waals surface area contributed by atoms with Crippen LogP contribution in [0.2, 0.25) is 0 Å². The number of piperidine rings is 2. The van der Waals surface area contributed by atoms with E-state index in [4.69, 9.17) is 57.2 Å². The number of amides is 5. The predicted octanol–water partition coefficient (Wildman–Crippen LogP) is 8.36. The van der Waals surface area contributed by atoms with Gasteiger partial charge in [0.05, 0.1) is 68.6 Å². The minimum absolute atomic E-state index is 0.0195. The zero-order valence-electron chi connectivity index (χ0n) is 50.1. The molecule has 0 spiro atoms. The Labute approximate surface area is 505 Å². The Morgan fingerprint density at radius 2 is 1.15 bits per heavy atom. The van der Waals surface area contributed by atoms with Crippen LogP contribution in [0.25, 0.3) is 0 Å². The second kappa shape index (κ2) is 31.6. The Morgan fingerprint density at radius 3 is 1.59 bits per heavy atom. The molecule has 7 heterocycles. The maximum absolute atomic E-state index is 14.1. The number of fused-ring (bicyclic) bond motifs is 4. The molecule has 2 N–H and O–H groups in total. The molecule has 3 aromatic rings. The number of nitrogens with zero attached hydrogens (tertiary/aromatic N) is 6. The van der Waals surface area contributed by atoms with E-state index in [2.05, 4.69) is 23.5 Å². The molecule has 0 radical (unpaired) electrons. The molecule has 9 rings (SSSR count). The number of aryl methyl sites for hydroxylation is 1. The minimum atomic E-state index is -0.925. The molecule has 4 fully saturated rings. The third-order valence-electron chi connectivity index (χ3n) is 15.4. The Hall–Kier alpha value is -7.94. The summed E-state index contributed by atoms with van der Waals surface area (Å²) in [6, 6.07) is 5.44. The lowest BCUT2D eigenvalue weighted by molar-refractivity contribution is -0.199. The average Bonchev–Trinajstić information content (AvgIpc) is 3.00. The van der Waals surface area contributed by atoms with Crippen molar-refractivity contribution in [2.24, 2.45) is 7.05 Å². The van der Waals surface area contributed by atoms with Gasteiger partial charge in [-0.15, -0.1) is 0 Å². The Kier molecular flexibility index (Phi) is 23.6. The van der Waals surface area contributed by atoms with E-state index in [0.717, 1.165) is 51.4 Å². The molecule has 87 heavy (non-hydrogen) atoms. The van der Waals surface area contributed by atoms with Crippen molar-refractivity contribution in [3.8, 4) is 23.0 Å². The van der Waals surface area contributed by atoms with Crippen LogP contribution < -0.4 is 34.1 Å². The maximum Gasteiger partial charge on any atom is 0.416 e. The van der Waals surface area contributed by atoms with Crippen LogP contribution in [-0.2, 0) is 49.8 Å². The second-order valence-corrected chi connectivity index (χ2v) is 21.4. The standard InChI is InChI=1S/C34H45N5O10.C27H36N2O9/c1-5-16-48-34(43)39-24-20-26(46-18-11-13-28(40)35-27-21-37(3)30(36-27)33(42)45-6-2)25(44-4)19-22(24)31(41)38-15-9-7-12-23(38)32(39)49-29-14-8-10-17-47-29;1-3-13-37-27(33)29-20-17-22(35-15-8-10-23(30)31)21(34-2)16-18(20)25(32)28-12-6-4-9-19(28)26(29)38-24-11-5-7-14-36-24/h5,19-21,23,29,32H,1,6-18H2,2-4H3,(H,35,40);3,16-17,19,24,26H,1,4-15H2,2H3,(H,30,31)/t23-,29?,32?;19-,24?,26?/m00/s1. The normalized spacial score (nSPS) is 21.6. The number of carbonyl (C=O) groups excluding carboxylic acids is 6. The maximum atomic E-state index is 14.1. The summed E-state index contributed by atoms with van der Waals surface area (Å²) >= 11 is 0. The van der Waals surface area contributed by atoms with Crippen molar-refractivity contribution in [2.75, 3.05) is 88.7 Å². The number of hydrogen-bond donors (Lipinski definition) is 2. The van der Waals surface area contributed by atoms with Crippen molar-refractivity contribution in [1.82, 2.24) is 19.4 Å². The fraction of sp³-hybridized carbons (Fsp3) is 0.574. The van der Waals surface area contributed by atoms with Gasteiger partial charge in [0.1, 0.15) is 13.2 Å². The fourth-order valence-corrected chi connectivity index (χ4v) is 11.3. The summed E-state index contributed by atoms with van der Waals surface area (Å²) in [4.78, 5) is 101. The summed E-state index contributed by atoms with van der Waals surface area (Å²) in [5, 5.41) is 11.6. The first-order valence-electron chi connectivity index (χ1n) is 29.9. The summed E-state index contributed by atoms with van der Waals surface area (Å²) < 4.78 is 65.4. The van der Waals surface area contributed by atoms with Gasteiger partial charge in [0, 0.05) is 64.5 Å². The smallest absolute Gasteiger partial charge is 0.416 e. The predicted molar refractivity (Wildman–Crippen MR) is 313 cm³/mol. The van der Waals surface area contributed by atoms with Gasteiger partial charge in [0.15, 0.2) is 53.9 Å². The number of esters is 1. The van der Waals surface area contributed by atoms with Crippen LogP contribution in [0.15, 0.2) is 55.8 Å². The molecular weight excluding hydrogens is 1130 g/mol. The molecule has 6 aliphatic heterocycles. The van der Waals surface area contributed by atoms with Crippen molar-refractivity contribution in [3.05, 3.63) is 72.7 Å². The number of carboxylic acid groups (broad SMARTS) is 1. The van der Waals surface area contributed by atoms with E-state index in [1.807, 2.05) is 0 Å². The van der Waals surface area contributed by atoms with E-state index in [9.17, 15) is 33.6 Å². The van der Waals surface area contributed by atoms with Gasteiger partial charge in [0.2, 0.25) is 11.7 Å². The van der Waals surface area contributed by atoms with Crippen LogP contribution in [0, 0.1) is 0 Å². The van der Waals surface area contributed by atoms with E-state index in [-0.39, 0.29) is 116 Å². The van der Waals surface area contributed by atoms with E-state index in [1.165, 1.54) is 46.9 Å². The molecule has 4 saturated heterocycles. The second-order valence-electron chi connectivity index (χ2n) is 21.4. The molecule has 474 valence electrons. The van der Waals surface area contributed by atoms with E-state index < -0.39 is 61.2 Å². The minimum Gasteiger partial charge on any atom is -0.493 e. The number of aliphatic carboxylic acids is 1. The highest BCUT2D eigenvalue weighted by Gasteiger charge is 2.49. The molecule has 6 aliphatic rings. The summed E-state index contributed by atoms with van der Waals surface area (Å²) in [7, 11) is 4.56. The molecule has 26 heteroatoms. The van der Waals surface area contributed by atoms with Gasteiger partial charge in [-0.05, 0) is 109 Å². The zero-order chi connectivity index (χ0) is 62.0. The average molecular weight is 1220 g/mol. The van der Waals surface area contributed by atoms with Gasteiger partial charge in [-0.25, -0.2) is 29.2 Å². The summed E-state index contributed by atoms with van der Waals surface area (Å²) in [6.07, 6.45) is 10.7. The molecule has 5 amide bonds. The number of hydrogen-bond acceptors (Lipinski definition) is 19. The van der Waals surface area contributed by atoms with Gasteiger partial charge in [0.25, 0.3) is 11.8 Å². The summed E-state index contributed by atoms with van der Waals surface area (Å²) in [6.45, 7) is 11.5. The van der Waals surface area contributed by atoms with E-state index in [1.54, 1.807) is 48.0 Å². The van der Waals surface area contributed by atoms with Crippen LogP contribution >= 0.6 is 0 Å². The highest BCUT2D eigenvalue weighted by atomic mass is 16.7. The number of nitrogens with one attached hydrogen (secondary N) is 1. The third kappa shape index (κ3) is 16.2. The van der Waals surface area contributed by atoms with Crippen LogP contribution in [0.4, 0.5) is 26.8 Å². The van der Waals surface area contributed by atoms with Crippen LogP contribution in [0.5, 0.6) is 23.0 Å². The third-order valence-corrected chi connectivity index (χ3v) is 15.4. The van der Waals surface area contributed by atoms with Crippen molar-refractivity contribution in [3.63, 3.8) is 0 Å². The summed E-state index contributed by atoms with van der Waals surface area (Å²) in [5.74, 6) is -0.883. The van der Waals surface area contributed by atoms with Crippen molar-refractivity contribution < 1.29 is 90.8 Å². The fourth-order valence-electron chi connectivity index (χ4n) is 11.3. The first-order chi connectivity index (χ1) is 42.2. The molecule has 1 aromatic heterocycles. The first kappa shape index (κ1) is 65.0. The number of rotatable bonds is 23. The number of ether oxygens (including phenoxy) is 11. The molecule has 6 atom stereocenters.